The number of ether oxygens (including phenoxy) is 2. The number of carbonyl (C=O) groups is 3. The number of rotatable bonds is 9. The van der Waals surface area contributed by atoms with E-state index in [0.29, 0.717) is 0 Å². The Balaban J connectivity index is 1.75. The number of hydrogen-bond acceptors (Lipinski definition) is 8. The number of nitrogens with one attached hydrogen (secondary N) is 2. The number of anilines is 2. The van der Waals surface area contributed by atoms with Crippen LogP contribution in [-0.2, 0) is 24.3 Å². The predicted octanol–water partition coefficient (Wildman–Crippen LogP) is 4.15. The van der Waals surface area contributed by atoms with Gasteiger partial charge in [-0.15, -0.1) is 11.3 Å². The Labute approximate surface area is 207 Å². The molecular formula is C24H24N2O7S2. The molecule has 0 spiro atoms. The van der Waals surface area contributed by atoms with Gasteiger partial charge in [0.1, 0.15) is 5.00 Å². The van der Waals surface area contributed by atoms with Gasteiger partial charge >= 0.3 is 11.9 Å². The van der Waals surface area contributed by atoms with Crippen LogP contribution in [0.25, 0.3) is 10.4 Å². The summed E-state index contributed by atoms with van der Waals surface area (Å²) in [6.45, 7) is 3.24. The van der Waals surface area contributed by atoms with Gasteiger partial charge in [-0.1, -0.05) is 36.4 Å². The first-order valence-corrected chi connectivity index (χ1v) is 13.2. The van der Waals surface area contributed by atoms with Crippen molar-refractivity contribution < 1.29 is 32.3 Å². The average Bonchev–Trinajstić information content (AvgIpc) is 3.22. The van der Waals surface area contributed by atoms with Gasteiger partial charge in [0.15, 0.2) is 6.10 Å². The van der Waals surface area contributed by atoms with E-state index < -0.39 is 34.0 Å². The quantitative estimate of drug-likeness (QED) is 0.409. The number of benzene rings is 2. The van der Waals surface area contributed by atoms with Gasteiger partial charge in [-0.3, -0.25) is 9.52 Å². The second kappa shape index (κ2) is 11.2. The first kappa shape index (κ1) is 25.9. The van der Waals surface area contributed by atoms with E-state index in [9.17, 15) is 22.8 Å². The molecule has 3 aromatic rings. The third-order valence-corrected chi connectivity index (χ3v) is 6.28. The fourth-order valence-electron chi connectivity index (χ4n) is 3.01. The van der Waals surface area contributed by atoms with Crippen LogP contribution in [0.3, 0.4) is 0 Å². The minimum absolute atomic E-state index is 0.0630. The molecule has 1 aromatic heterocycles. The topological polar surface area (TPSA) is 128 Å². The maximum atomic E-state index is 12.8. The van der Waals surface area contributed by atoms with Crippen molar-refractivity contribution in [3.8, 4) is 10.4 Å². The minimum atomic E-state index is -3.53. The van der Waals surface area contributed by atoms with E-state index in [4.69, 9.17) is 9.47 Å². The van der Waals surface area contributed by atoms with E-state index in [1.807, 2.05) is 30.3 Å². The average molecular weight is 517 g/mol. The van der Waals surface area contributed by atoms with E-state index in [-0.39, 0.29) is 28.4 Å². The van der Waals surface area contributed by atoms with Crippen LogP contribution >= 0.6 is 11.3 Å². The summed E-state index contributed by atoms with van der Waals surface area (Å²) in [5, 5.41) is 2.92. The van der Waals surface area contributed by atoms with Crippen LogP contribution in [0.1, 0.15) is 34.6 Å². The van der Waals surface area contributed by atoms with Crippen molar-refractivity contribution in [3.63, 3.8) is 0 Å². The van der Waals surface area contributed by atoms with Crippen LogP contribution in [0.4, 0.5) is 10.7 Å². The molecule has 0 radical (unpaired) electrons. The number of hydrogen-bond donors (Lipinski definition) is 2. The van der Waals surface area contributed by atoms with Crippen molar-refractivity contribution in [2.75, 3.05) is 22.9 Å². The number of esters is 2. The number of thiophene rings is 1. The van der Waals surface area contributed by atoms with Crippen molar-refractivity contribution in [2.24, 2.45) is 0 Å². The van der Waals surface area contributed by atoms with Gasteiger partial charge in [0.25, 0.3) is 5.91 Å². The summed E-state index contributed by atoms with van der Waals surface area (Å²) >= 11 is 1.20. The first-order chi connectivity index (χ1) is 16.6. The third kappa shape index (κ3) is 7.14. The second-order valence-corrected chi connectivity index (χ2v) is 10.2. The zero-order valence-electron chi connectivity index (χ0n) is 19.2. The van der Waals surface area contributed by atoms with Crippen molar-refractivity contribution in [3.05, 3.63) is 71.8 Å². The van der Waals surface area contributed by atoms with Crippen LogP contribution in [-0.4, -0.2) is 45.2 Å². The Bertz CT molecular complexity index is 1330. The highest BCUT2D eigenvalue weighted by Crippen LogP contribution is 2.36. The van der Waals surface area contributed by atoms with Gasteiger partial charge in [-0.05, 0) is 43.7 Å². The molecule has 0 aliphatic rings. The fraction of sp³-hybridized carbons (Fsp3) is 0.208. The maximum absolute atomic E-state index is 12.8. The minimum Gasteiger partial charge on any atom is -0.462 e. The number of sulfonamides is 1. The van der Waals surface area contributed by atoms with Gasteiger partial charge in [0.05, 0.1) is 24.0 Å². The van der Waals surface area contributed by atoms with Crippen LogP contribution in [0, 0.1) is 0 Å². The highest BCUT2D eigenvalue weighted by Gasteiger charge is 2.24. The molecule has 0 saturated carbocycles. The smallest absolute Gasteiger partial charge is 0.341 e. The van der Waals surface area contributed by atoms with Crippen molar-refractivity contribution in [1.82, 2.24) is 0 Å². The summed E-state index contributed by atoms with van der Waals surface area (Å²) < 4.78 is 35.5. The lowest BCUT2D eigenvalue weighted by atomic mass is 10.1. The zero-order valence-corrected chi connectivity index (χ0v) is 20.9. The highest BCUT2D eigenvalue weighted by molar-refractivity contribution is 7.92. The molecule has 0 saturated heterocycles. The molecule has 0 aliphatic heterocycles. The van der Waals surface area contributed by atoms with Gasteiger partial charge < -0.3 is 14.8 Å². The molecule has 1 heterocycles. The molecule has 1 atom stereocenters. The molecule has 1 amide bonds. The molecule has 0 aliphatic carbocycles. The van der Waals surface area contributed by atoms with Gasteiger partial charge in [0.2, 0.25) is 10.0 Å². The summed E-state index contributed by atoms with van der Waals surface area (Å²) in [4.78, 5) is 38.5. The van der Waals surface area contributed by atoms with Crippen LogP contribution in [0.2, 0.25) is 0 Å². The number of carbonyl (C=O) groups excluding carboxylic acids is 3. The summed E-state index contributed by atoms with van der Waals surface area (Å²) in [6, 6.07) is 16.7. The lowest BCUT2D eigenvalue weighted by molar-refractivity contribution is -0.123. The normalized spacial score (nSPS) is 11.9. The Morgan fingerprint density at radius 3 is 2.37 bits per heavy atom. The lowest BCUT2D eigenvalue weighted by Crippen LogP contribution is -2.30. The first-order valence-electron chi connectivity index (χ1n) is 10.5. The SMILES string of the molecule is CCOC(=O)c1cc(-c2ccccc2)sc1NC(=O)C(C)OC(=O)c1cccc(NS(C)(=O)=O)c1. The molecular weight excluding hydrogens is 492 g/mol. The van der Waals surface area contributed by atoms with Gasteiger partial charge in [-0.25, -0.2) is 18.0 Å². The third-order valence-electron chi connectivity index (χ3n) is 4.58. The van der Waals surface area contributed by atoms with Crippen molar-refractivity contribution in [2.45, 2.75) is 20.0 Å². The maximum Gasteiger partial charge on any atom is 0.341 e. The molecule has 35 heavy (non-hydrogen) atoms. The Kier molecular flexibility index (Phi) is 8.26. The van der Waals surface area contributed by atoms with E-state index in [1.165, 1.54) is 42.5 Å². The predicted molar refractivity (Wildman–Crippen MR) is 134 cm³/mol. The van der Waals surface area contributed by atoms with Crippen LogP contribution < -0.4 is 10.0 Å². The molecule has 184 valence electrons. The Hall–Kier alpha value is -3.70. The van der Waals surface area contributed by atoms with E-state index in [2.05, 4.69) is 10.0 Å². The summed E-state index contributed by atoms with van der Waals surface area (Å²) in [6.07, 6.45) is -0.214. The summed E-state index contributed by atoms with van der Waals surface area (Å²) in [5.74, 6) is -2.04. The van der Waals surface area contributed by atoms with E-state index >= 15 is 0 Å². The second-order valence-electron chi connectivity index (χ2n) is 7.43. The number of amides is 1. The van der Waals surface area contributed by atoms with Crippen LogP contribution in [0.15, 0.2) is 60.7 Å². The summed E-state index contributed by atoms with van der Waals surface area (Å²) in [7, 11) is -3.53. The standard InChI is InChI=1S/C24H24N2O7S2/c1-4-32-24(29)19-14-20(16-9-6-5-7-10-16)34-22(19)25-21(27)15(2)33-23(28)17-11-8-12-18(13-17)26-35(3,30)31/h5-15,26H,4H2,1-3H3,(H,25,27). The molecule has 1 unspecified atom stereocenters. The van der Waals surface area contributed by atoms with Gasteiger partial charge in [0, 0.05) is 10.6 Å². The molecule has 3 rings (SSSR count). The molecule has 9 nitrogen and oxygen atoms in total. The summed E-state index contributed by atoms with van der Waals surface area (Å²) in [5.41, 5.74) is 1.31. The molecule has 2 N–H and O–H groups in total. The zero-order chi connectivity index (χ0) is 25.6. The molecule has 11 heteroatoms. The molecule has 0 bridgehead atoms. The van der Waals surface area contributed by atoms with Crippen molar-refractivity contribution >= 4 is 49.9 Å². The Morgan fingerprint density at radius 1 is 1.00 bits per heavy atom. The monoisotopic (exact) mass is 516 g/mol. The Morgan fingerprint density at radius 2 is 1.71 bits per heavy atom. The van der Waals surface area contributed by atoms with Crippen LogP contribution in [0.5, 0.6) is 0 Å². The molecule has 2 aromatic carbocycles. The van der Waals surface area contributed by atoms with Gasteiger partial charge in [-0.2, -0.15) is 0 Å². The fourth-order valence-corrected chi connectivity index (χ4v) is 4.62. The lowest BCUT2D eigenvalue weighted by Gasteiger charge is -2.14. The highest BCUT2D eigenvalue weighted by atomic mass is 32.2. The van der Waals surface area contributed by atoms with E-state index in [1.54, 1.807) is 13.0 Å². The van der Waals surface area contributed by atoms with Crippen molar-refractivity contribution in [1.29, 1.82) is 0 Å². The van der Waals surface area contributed by atoms with E-state index in [0.717, 1.165) is 16.7 Å². The molecule has 0 fully saturated rings. The largest absolute Gasteiger partial charge is 0.462 e.